The molecule has 0 unspecified atom stereocenters. The Bertz CT molecular complexity index is 883. The molecule has 6 heteroatoms. The van der Waals surface area contributed by atoms with E-state index < -0.39 is 0 Å². The number of aromatic nitrogens is 2. The quantitative estimate of drug-likeness (QED) is 0.724. The van der Waals surface area contributed by atoms with Crippen molar-refractivity contribution in [1.82, 2.24) is 14.5 Å². The number of thiazole rings is 1. The van der Waals surface area contributed by atoms with Gasteiger partial charge in [-0.25, -0.2) is 4.98 Å². The van der Waals surface area contributed by atoms with Crippen LogP contribution < -0.4 is 4.74 Å². The maximum Gasteiger partial charge on any atom is 0.256 e. The summed E-state index contributed by atoms with van der Waals surface area (Å²) in [4.78, 5) is 19.3. The molecule has 126 valence electrons. The molecule has 0 spiro atoms. The summed E-state index contributed by atoms with van der Waals surface area (Å²) in [6, 6.07) is 5.76. The van der Waals surface area contributed by atoms with Gasteiger partial charge in [0.25, 0.3) is 5.91 Å². The van der Waals surface area contributed by atoms with E-state index in [1.807, 2.05) is 56.1 Å². The summed E-state index contributed by atoms with van der Waals surface area (Å²) in [6.45, 7) is 3.97. The van der Waals surface area contributed by atoms with Gasteiger partial charge in [0, 0.05) is 42.3 Å². The number of carbonyl (C=O) groups is 1. The van der Waals surface area contributed by atoms with E-state index in [1.54, 1.807) is 29.5 Å². The van der Waals surface area contributed by atoms with Gasteiger partial charge in [-0.3, -0.25) is 4.79 Å². The van der Waals surface area contributed by atoms with Gasteiger partial charge in [-0.15, -0.1) is 11.3 Å². The average molecular weight is 343 g/mol. The largest absolute Gasteiger partial charge is 0.497 e. The molecule has 1 amide bonds. The summed E-state index contributed by atoms with van der Waals surface area (Å²) in [6.07, 6.45) is 1.77. The van der Waals surface area contributed by atoms with Gasteiger partial charge >= 0.3 is 0 Å². The maximum absolute atomic E-state index is 13.2. The number of amides is 1. The zero-order chi connectivity index (χ0) is 17.4. The van der Waals surface area contributed by atoms with Gasteiger partial charge in [-0.1, -0.05) is 0 Å². The molecule has 2 aromatic heterocycles. The van der Waals surface area contributed by atoms with Crippen molar-refractivity contribution in [2.75, 3.05) is 14.2 Å². The lowest BCUT2D eigenvalue weighted by molar-refractivity contribution is 0.0743. The topological polar surface area (TPSA) is 47.4 Å². The Morgan fingerprint density at radius 1 is 1.42 bits per heavy atom. The Kier molecular flexibility index (Phi) is 4.32. The molecule has 3 aromatic rings. The zero-order valence-electron chi connectivity index (χ0n) is 14.5. The van der Waals surface area contributed by atoms with E-state index in [4.69, 9.17) is 4.74 Å². The summed E-state index contributed by atoms with van der Waals surface area (Å²) in [7, 11) is 5.44. The molecule has 1 atom stereocenters. The molecular formula is C18H21N3O2S. The number of nitrogens with zero attached hydrogens (tertiary/aromatic N) is 3. The average Bonchev–Trinajstić information content (AvgIpc) is 3.21. The van der Waals surface area contributed by atoms with Crippen molar-refractivity contribution in [3.63, 3.8) is 0 Å². The van der Waals surface area contributed by atoms with Gasteiger partial charge in [0.2, 0.25) is 0 Å². The number of ether oxygens (including phenoxy) is 1. The molecular weight excluding hydrogens is 322 g/mol. The lowest BCUT2D eigenvalue weighted by Crippen LogP contribution is -2.30. The van der Waals surface area contributed by atoms with Gasteiger partial charge < -0.3 is 14.2 Å². The van der Waals surface area contributed by atoms with Crippen LogP contribution in [0.25, 0.3) is 10.9 Å². The van der Waals surface area contributed by atoms with Crippen LogP contribution in [0.2, 0.25) is 0 Å². The van der Waals surface area contributed by atoms with Crippen molar-refractivity contribution in [3.05, 3.63) is 46.0 Å². The predicted octanol–water partition coefficient (Wildman–Crippen LogP) is 3.79. The fourth-order valence-corrected chi connectivity index (χ4v) is 3.64. The molecule has 0 radical (unpaired) electrons. The second-order valence-electron chi connectivity index (χ2n) is 5.86. The van der Waals surface area contributed by atoms with Gasteiger partial charge in [-0.2, -0.15) is 0 Å². The van der Waals surface area contributed by atoms with Gasteiger partial charge in [0.15, 0.2) is 0 Å². The van der Waals surface area contributed by atoms with Gasteiger partial charge in [-0.05, 0) is 32.0 Å². The van der Waals surface area contributed by atoms with E-state index in [0.717, 1.165) is 32.9 Å². The van der Waals surface area contributed by atoms with Crippen LogP contribution in [0.3, 0.4) is 0 Å². The molecule has 1 aromatic carbocycles. The Hall–Kier alpha value is -2.34. The maximum atomic E-state index is 13.2. The van der Waals surface area contributed by atoms with Crippen molar-refractivity contribution in [3.8, 4) is 5.75 Å². The molecule has 0 saturated carbocycles. The van der Waals surface area contributed by atoms with Crippen molar-refractivity contribution in [1.29, 1.82) is 0 Å². The number of rotatable bonds is 4. The van der Waals surface area contributed by atoms with Crippen LogP contribution in [0, 0.1) is 6.92 Å². The number of hydrogen-bond acceptors (Lipinski definition) is 4. The SMILES string of the molecule is COc1ccc2c(c1)c(C(=O)N(C)[C@@H](C)c1nccs1)c(C)n2C. The predicted molar refractivity (Wildman–Crippen MR) is 96.8 cm³/mol. The summed E-state index contributed by atoms with van der Waals surface area (Å²) in [5, 5.41) is 3.77. The molecule has 0 bridgehead atoms. The number of hydrogen-bond donors (Lipinski definition) is 0. The van der Waals surface area contributed by atoms with E-state index in [9.17, 15) is 4.79 Å². The number of fused-ring (bicyclic) bond motifs is 1. The summed E-state index contributed by atoms with van der Waals surface area (Å²) in [5.41, 5.74) is 2.69. The van der Waals surface area contributed by atoms with E-state index >= 15 is 0 Å². The van der Waals surface area contributed by atoms with Crippen LogP contribution in [0.15, 0.2) is 29.8 Å². The highest BCUT2D eigenvalue weighted by molar-refractivity contribution is 7.09. The highest BCUT2D eigenvalue weighted by atomic mass is 32.1. The Balaban J connectivity index is 2.07. The molecule has 0 aliphatic heterocycles. The van der Waals surface area contributed by atoms with Crippen molar-refractivity contribution in [2.24, 2.45) is 7.05 Å². The monoisotopic (exact) mass is 343 g/mol. The minimum atomic E-state index is -0.0715. The van der Waals surface area contributed by atoms with Crippen molar-refractivity contribution in [2.45, 2.75) is 19.9 Å². The Morgan fingerprint density at radius 2 is 2.17 bits per heavy atom. The number of benzene rings is 1. The fraction of sp³-hybridized carbons (Fsp3) is 0.333. The van der Waals surface area contributed by atoms with Crippen LogP contribution in [0.5, 0.6) is 5.75 Å². The third kappa shape index (κ3) is 2.57. The summed E-state index contributed by atoms with van der Waals surface area (Å²) in [5.74, 6) is 0.742. The third-order valence-corrected chi connectivity index (χ3v) is 5.57. The summed E-state index contributed by atoms with van der Waals surface area (Å²) < 4.78 is 7.38. The smallest absolute Gasteiger partial charge is 0.256 e. The van der Waals surface area contributed by atoms with Crippen LogP contribution in [0.4, 0.5) is 0 Å². The first-order chi connectivity index (χ1) is 11.5. The lowest BCUT2D eigenvalue weighted by Gasteiger charge is -2.23. The molecule has 3 rings (SSSR count). The Morgan fingerprint density at radius 3 is 2.79 bits per heavy atom. The van der Waals surface area contributed by atoms with Crippen molar-refractivity contribution >= 4 is 28.1 Å². The highest BCUT2D eigenvalue weighted by Gasteiger charge is 2.26. The minimum absolute atomic E-state index is 0.00551. The fourth-order valence-electron chi connectivity index (χ4n) is 2.91. The number of carbonyl (C=O) groups excluding carboxylic acids is 1. The van der Waals surface area contributed by atoms with Gasteiger partial charge in [0.1, 0.15) is 10.8 Å². The van der Waals surface area contributed by atoms with Crippen molar-refractivity contribution < 1.29 is 9.53 Å². The second kappa shape index (κ2) is 6.28. The molecule has 24 heavy (non-hydrogen) atoms. The first-order valence-corrected chi connectivity index (χ1v) is 8.63. The van der Waals surface area contributed by atoms with Gasteiger partial charge in [0.05, 0.1) is 18.7 Å². The van der Waals surface area contributed by atoms with E-state index in [2.05, 4.69) is 4.98 Å². The number of methoxy groups -OCH3 is 1. The molecule has 0 saturated heterocycles. The Labute approximate surface area is 145 Å². The van der Waals surface area contributed by atoms with E-state index in [0.29, 0.717) is 0 Å². The molecule has 0 N–H and O–H groups in total. The number of aryl methyl sites for hydroxylation is 1. The molecule has 0 aliphatic rings. The molecule has 0 fully saturated rings. The summed E-state index contributed by atoms with van der Waals surface area (Å²) >= 11 is 1.56. The molecule has 0 aliphatic carbocycles. The molecule has 2 heterocycles. The standard InChI is InChI=1S/C18H21N3O2S/c1-11-16(14-10-13(23-5)6-7-15(14)20(11)3)18(22)21(4)12(2)17-19-8-9-24-17/h6-10,12H,1-5H3/t12-/m0/s1. The van der Waals surface area contributed by atoms with Crippen LogP contribution in [0.1, 0.15) is 34.0 Å². The van der Waals surface area contributed by atoms with E-state index in [-0.39, 0.29) is 11.9 Å². The minimum Gasteiger partial charge on any atom is -0.497 e. The van der Waals surface area contributed by atoms with Crippen LogP contribution in [-0.2, 0) is 7.05 Å². The van der Waals surface area contributed by atoms with Crippen LogP contribution in [-0.4, -0.2) is 34.5 Å². The normalized spacial score (nSPS) is 12.4. The first kappa shape index (κ1) is 16.5. The highest BCUT2D eigenvalue weighted by Crippen LogP contribution is 2.31. The first-order valence-electron chi connectivity index (χ1n) is 7.75. The molecule has 5 nitrogen and oxygen atoms in total. The zero-order valence-corrected chi connectivity index (χ0v) is 15.3. The lowest BCUT2D eigenvalue weighted by atomic mass is 10.1. The van der Waals surface area contributed by atoms with Crippen LogP contribution >= 0.6 is 11.3 Å². The third-order valence-electron chi connectivity index (χ3n) is 4.62. The van der Waals surface area contributed by atoms with E-state index in [1.165, 1.54) is 0 Å². The second-order valence-corrected chi connectivity index (χ2v) is 6.79.